The van der Waals surface area contributed by atoms with Gasteiger partial charge in [0.2, 0.25) is 0 Å². The fourth-order valence-corrected chi connectivity index (χ4v) is 4.80. The van der Waals surface area contributed by atoms with E-state index in [0.29, 0.717) is 19.0 Å². The first kappa shape index (κ1) is 15.7. The van der Waals surface area contributed by atoms with Gasteiger partial charge in [-0.1, -0.05) is 34.5 Å². The smallest absolute Gasteiger partial charge is 0.289 e. The first-order valence-corrected chi connectivity index (χ1v) is 9.02. The second-order valence-electron chi connectivity index (χ2n) is 4.72. The lowest BCUT2D eigenvalue weighted by Gasteiger charge is -2.03. The van der Waals surface area contributed by atoms with Crippen molar-refractivity contribution in [2.45, 2.75) is 20.4 Å². The van der Waals surface area contributed by atoms with Crippen LogP contribution in [0.2, 0.25) is 9.36 Å². The van der Waals surface area contributed by atoms with E-state index >= 15 is 0 Å². The molecule has 22 heavy (non-hydrogen) atoms. The van der Waals surface area contributed by atoms with Crippen molar-refractivity contribution in [1.82, 2.24) is 4.57 Å². The molecule has 1 amide bonds. The zero-order valence-corrected chi connectivity index (χ0v) is 15.0. The molecular formula is C15H12Cl2N2OS2. The molecule has 0 aliphatic rings. The molecule has 114 valence electrons. The summed E-state index contributed by atoms with van der Waals surface area (Å²) in [6.07, 6.45) is 0. The number of benzene rings is 1. The maximum absolute atomic E-state index is 12.3. The highest BCUT2D eigenvalue weighted by Gasteiger charge is 2.12. The number of carbonyl (C=O) groups is 1. The van der Waals surface area contributed by atoms with Gasteiger partial charge in [-0.05, 0) is 43.7 Å². The highest BCUT2D eigenvalue weighted by Crippen LogP contribution is 2.26. The van der Waals surface area contributed by atoms with Crippen molar-refractivity contribution in [3.8, 4) is 0 Å². The summed E-state index contributed by atoms with van der Waals surface area (Å²) in [4.78, 5) is 17.8. The van der Waals surface area contributed by atoms with Crippen molar-refractivity contribution in [3.63, 3.8) is 0 Å². The topological polar surface area (TPSA) is 34.4 Å². The van der Waals surface area contributed by atoms with Crippen molar-refractivity contribution in [2.24, 2.45) is 4.99 Å². The summed E-state index contributed by atoms with van der Waals surface area (Å²) in [6.45, 7) is 4.78. The Hall–Kier alpha value is -1.14. The molecular weight excluding hydrogens is 359 g/mol. The molecule has 0 atom stereocenters. The van der Waals surface area contributed by atoms with E-state index in [9.17, 15) is 4.79 Å². The number of nitrogens with zero attached hydrogens (tertiary/aromatic N) is 2. The first-order valence-electron chi connectivity index (χ1n) is 6.63. The number of carbonyl (C=O) groups excluding carboxylic acids is 1. The third-order valence-electron chi connectivity index (χ3n) is 3.23. The fourth-order valence-electron chi connectivity index (χ4n) is 2.33. The molecule has 3 aromatic rings. The number of thiophene rings is 1. The summed E-state index contributed by atoms with van der Waals surface area (Å²) in [5, 5.41) is 0.692. The third-order valence-corrected chi connectivity index (χ3v) is 5.69. The summed E-state index contributed by atoms with van der Waals surface area (Å²) in [5.74, 6) is -0.269. The maximum atomic E-state index is 12.3. The second kappa shape index (κ2) is 6.16. The molecule has 0 unspecified atom stereocenters. The molecule has 3 nitrogen and oxygen atoms in total. The Bertz CT molecular complexity index is 937. The van der Waals surface area contributed by atoms with Crippen LogP contribution in [-0.4, -0.2) is 10.5 Å². The van der Waals surface area contributed by atoms with Crippen LogP contribution in [0.25, 0.3) is 10.2 Å². The van der Waals surface area contributed by atoms with Gasteiger partial charge in [0.15, 0.2) is 4.80 Å². The highest BCUT2D eigenvalue weighted by atomic mass is 35.5. The lowest BCUT2D eigenvalue weighted by Crippen LogP contribution is -2.16. The third kappa shape index (κ3) is 2.86. The van der Waals surface area contributed by atoms with E-state index in [-0.39, 0.29) is 5.91 Å². The standard InChI is InChI=1S/C15H12Cl2N2OS2/c1-3-19-13-8(2)6-9(16)7-11(13)22-15(19)18-14(20)10-4-5-12(17)21-10/h4-7H,3H2,1-2H3. The molecule has 2 aromatic heterocycles. The molecule has 0 radical (unpaired) electrons. The Morgan fingerprint density at radius 3 is 2.68 bits per heavy atom. The molecule has 3 rings (SSSR count). The van der Waals surface area contributed by atoms with E-state index in [2.05, 4.69) is 4.99 Å². The molecule has 1 aromatic carbocycles. The van der Waals surface area contributed by atoms with Crippen molar-refractivity contribution < 1.29 is 4.79 Å². The second-order valence-corrected chi connectivity index (χ2v) is 7.88. The molecule has 0 spiro atoms. The number of rotatable bonds is 2. The SMILES string of the molecule is CCn1c(=NC(=O)c2ccc(Cl)s2)sc2cc(Cl)cc(C)c21. The Morgan fingerprint density at radius 1 is 1.27 bits per heavy atom. The van der Waals surface area contributed by atoms with Crippen LogP contribution in [0.4, 0.5) is 0 Å². The fraction of sp³-hybridized carbons (Fsp3) is 0.200. The van der Waals surface area contributed by atoms with Crippen molar-refractivity contribution in [2.75, 3.05) is 0 Å². The highest BCUT2D eigenvalue weighted by molar-refractivity contribution is 7.18. The van der Waals surface area contributed by atoms with Gasteiger partial charge >= 0.3 is 0 Å². The molecule has 0 aliphatic heterocycles. The summed E-state index contributed by atoms with van der Waals surface area (Å²) in [6, 6.07) is 7.24. The summed E-state index contributed by atoms with van der Waals surface area (Å²) >= 11 is 14.7. The van der Waals surface area contributed by atoms with Crippen LogP contribution in [0.5, 0.6) is 0 Å². The van der Waals surface area contributed by atoms with Gasteiger partial charge in [-0.25, -0.2) is 0 Å². The number of thiazole rings is 1. The van der Waals surface area contributed by atoms with Crippen molar-refractivity contribution >= 4 is 62.0 Å². The van der Waals surface area contributed by atoms with Gasteiger partial charge < -0.3 is 4.57 Å². The summed E-state index contributed by atoms with van der Waals surface area (Å²) in [7, 11) is 0. The minimum absolute atomic E-state index is 0.269. The molecule has 0 N–H and O–H groups in total. The molecule has 0 fully saturated rings. The Kier molecular flexibility index (Phi) is 4.41. The van der Waals surface area contributed by atoms with Crippen molar-refractivity contribution in [3.05, 3.63) is 48.9 Å². The largest absolute Gasteiger partial charge is 0.316 e. The molecule has 7 heteroatoms. The van der Waals surface area contributed by atoms with Crippen LogP contribution >= 0.6 is 45.9 Å². The number of hydrogen-bond acceptors (Lipinski definition) is 3. The molecule has 0 saturated heterocycles. The number of halogens is 2. The van der Waals surface area contributed by atoms with Crippen LogP contribution in [0.1, 0.15) is 22.2 Å². The number of aryl methyl sites for hydroxylation is 2. The van der Waals surface area contributed by atoms with Gasteiger partial charge in [0.1, 0.15) is 0 Å². The first-order chi connectivity index (χ1) is 10.5. The Balaban J connectivity index is 2.20. The predicted octanol–water partition coefficient (Wildman–Crippen LogP) is 5.14. The Morgan fingerprint density at radius 2 is 2.05 bits per heavy atom. The van der Waals surface area contributed by atoms with E-state index in [1.165, 1.54) is 22.7 Å². The van der Waals surface area contributed by atoms with Crippen molar-refractivity contribution in [1.29, 1.82) is 0 Å². The van der Waals surface area contributed by atoms with E-state index in [0.717, 1.165) is 22.3 Å². The average Bonchev–Trinajstić information content (AvgIpc) is 3.02. The number of hydrogen-bond donors (Lipinski definition) is 0. The monoisotopic (exact) mass is 370 g/mol. The molecule has 2 heterocycles. The van der Waals surface area contributed by atoms with Crippen LogP contribution in [0, 0.1) is 6.92 Å². The minimum atomic E-state index is -0.269. The summed E-state index contributed by atoms with van der Waals surface area (Å²) < 4.78 is 3.65. The predicted molar refractivity (Wildman–Crippen MR) is 94.5 cm³/mol. The zero-order chi connectivity index (χ0) is 15.9. The van der Waals surface area contributed by atoms with Gasteiger partial charge in [-0.2, -0.15) is 4.99 Å². The normalized spacial score (nSPS) is 12.3. The summed E-state index contributed by atoms with van der Waals surface area (Å²) in [5.41, 5.74) is 2.15. The van der Waals surface area contributed by atoms with Crippen LogP contribution in [-0.2, 0) is 6.54 Å². The quantitative estimate of drug-likeness (QED) is 0.614. The van der Waals surface area contributed by atoms with E-state index < -0.39 is 0 Å². The van der Waals surface area contributed by atoms with E-state index in [4.69, 9.17) is 23.2 Å². The van der Waals surface area contributed by atoms with Gasteiger partial charge in [0.25, 0.3) is 5.91 Å². The lowest BCUT2D eigenvalue weighted by molar-refractivity contribution is 0.100. The van der Waals surface area contributed by atoms with Gasteiger partial charge in [0, 0.05) is 11.6 Å². The number of aromatic nitrogens is 1. The molecule has 0 bridgehead atoms. The average molecular weight is 371 g/mol. The number of fused-ring (bicyclic) bond motifs is 1. The Labute approximate surface area is 145 Å². The maximum Gasteiger partial charge on any atom is 0.289 e. The van der Waals surface area contributed by atoms with Crippen LogP contribution < -0.4 is 4.80 Å². The number of amides is 1. The van der Waals surface area contributed by atoms with Gasteiger partial charge in [-0.3, -0.25) is 4.79 Å². The van der Waals surface area contributed by atoms with Crippen LogP contribution in [0.15, 0.2) is 29.3 Å². The van der Waals surface area contributed by atoms with E-state index in [1.54, 1.807) is 12.1 Å². The van der Waals surface area contributed by atoms with E-state index in [1.807, 2.05) is 30.5 Å². The molecule has 0 aliphatic carbocycles. The minimum Gasteiger partial charge on any atom is -0.316 e. The zero-order valence-electron chi connectivity index (χ0n) is 11.9. The lowest BCUT2D eigenvalue weighted by atomic mass is 10.2. The molecule has 0 saturated carbocycles. The van der Waals surface area contributed by atoms with Gasteiger partial charge in [0.05, 0.1) is 19.4 Å². The van der Waals surface area contributed by atoms with Crippen LogP contribution in [0.3, 0.4) is 0 Å². The van der Waals surface area contributed by atoms with Gasteiger partial charge in [-0.15, -0.1) is 11.3 Å².